The molecule has 0 radical (unpaired) electrons. The average molecular weight is 247 g/mol. The lowest BCUT2D eigenvalue weighted by Gasteiger charge is -2.07. The van der Waals surface area contributed by atoms with E-state index in [-0.39, 0.29) is 19.1 Å². The highest BCUT2D eigenvalue weighted by Gasteiger charge is 2.04. The number of hydrogen-bond acceptors (Lipinski definition) is 3. The van der Waals surface area contributed by atoms with Crippen LogP contribution in [0.4, 0.5) is 5.69 Å². The second kappa shape index (κ2) is 8.29. The maximum atomic E-state index is 11.5. The van der Waals surface area contributed by atoms with Crippen LogP contribution in [0, 0.1) is 11.8 Å². The monoisotopic (exact) mass is 247 g/mol. The van der Waals surface area contributed by atoms with Crippen molar-refractivity contribution < 1.29 is 14.6 Å². The zero-order valence-electron chi connectivity index (χ0n) is 10.4. The molecule has 4 nitrogen and oxygen atoms in total. The van der Waals surface area contributed by atoms with Gasteiger partial charge in [-0.1, -0.05) is 24.0 Å². The van der Waals surface area contributed by atoms with E-state index in [2.05, 4.69) is 17.2 Å². The number of anilines is 1. The third-order valence-electron chi connectivity index (χ3n) is 2.10. The summed E-state index contributed by atoms with van der Waals surface area (Å²) in [7, 11) is 0. The van der Waals surface area contributed by atoms with E-state index in [1.165, 1.54) is 0 Å². The minimum absolute atomic E-state index is 0.0336. The number of carbonyl (C=O) groups excluding carboxylic acids is 1. The van der Waals surface area contributed by atoms with E-state index in [1.807, 2.05) is 25.1 Å². The van der Waals surface area contributed by atoms with Crippen molar-refractivity contribution in [1.29, 1.82) is 0 Å². The molecule has 96 valence electrons. The molecular formula is C14H17NO3. The van der Waals surface area contributed by atoms with Crippen LogP contribution in [0.15, 0.2) is 24.3 Å². The Morgan fingerprint density at radius 2 is 2.22 bits per heavy atom. The number of carbonyl (C=O) groups is 1. The molecule has 1 aromatic rings. The van der Waals surface area contributed by atoms with E-state index < -0.39 is 0 Å². The highest BCUT2D eigenvalue weighted by molar-refractivity contribution is 5.93. The normalized spacial score (nSPS) is 9.44. The lowest BCUT2D eigenvalue weighted by atomic mass is 10.1. The van der Waals surface area contributed by atoms with Crippen LogP contribution >= 0.6 is 0 Å². The smallest absolute Gasteiger partial charge is 0.250 e. The molecule has 1 amide bonds. The molecule has 1 aromatic carbocycles. The number of para-hydroxylation sites is 1. The van der Waals surface area contributed by atoms with Crippen LogP contribution in [0.5, 0.6) is 0 Å². The Morgan fingerprint density at radius 1 is 1.44 bits per heavy atom. The van der Waals surface area contributed by atoms with E-state index in [4.69, 9.17) is 9.84 Å². The van der Waals surface area contributed by atoms with Crippen molar-refractivity contribution in [2.45, 2.75) is 13.3 Å². The van der Waals surface area contributed by atoms with E-state index >= 15 is 0 Å². The molecule has 4 heteroatoms. The maximum absolute atomic E-state index is 11.5. The van der Waals surface area contributed by atoms with E-state index in [1.54, 1.807) is 6.07 Å². The van der Waals surface area contributed by atoms with E-state index in [0.29, 0.717) is 18.7 Å². The lowest BCUT2D eigenvalue weighted by Crippen LogP contribution is -2.18. The Kier molecular flexibility index (Phi) is 6.55. The van der Waals surface area contributed by atoms with Gasteiger partial charge in [-0.3, -0.25) is 4.79 Å². The van der Waals surface area contributed by atoms with Crippen molar-refractivity contribution in [3.63, 3.8) is 0 Å². The van der Waals surface area contributed by atoms with Gasteiger partial charge in [0.2, 0.25) is 5.91 Å². The predicted octanol–water partition coefficient (Wildman–Crippen LogP) is 1.40. The Labute approximate surface area is 107 Å². The van der Waals surface area contributed by atoms with Crippen molar-refractivity contribution in [2.24, 2.45) is 0 Å². The molecule has 0 heterocycles. The van der Waals surface area contributed by atoms with Crippen LogP contribution in [0.2, 0.25) is 0 Å². The molecular weight excluding hydrogens is 230 g/mol. The molecule has 2 N–H and O–H groups in total. The minimum Gasteiger partial charge on any atom is -0.395 e. The summed E-state index contributed by atoms with van der Waals surface area (Å²) < 4.78 is 5.02. The van der Waals surface area contributed by atoms with Crippen LogP contribution in [-0.2, 0) is 9.53 Å². The van der Waals surface area contributed by atoms with Gasteiger partial charge >= 0.3 is 0 Å². The second-order valence-electron chi connectivity index (χ2n) is 3.51. The van der Waals surface area contributed by atoms with Crippen molar-refractivity contribution in [3.05, 3.63) is 29.8 Å². The van der Waals surface area contributed by atoms with Crippen molar-refractivity contribution >= 4 is 11.6 Å². The first-order valence-corrected chi connectivity index (χ1v) is 5.84. The number of rotatable bonds is 5. The van der Waals surface area contributed by atoms with Crippen molar-refractivity contribution in [1.82, 2.24) is 0 Å². The Morgan fingerprint density at radius 3 is 2.94 bits per heavy atom. The number of benzene rings is 1. The van der Waals surface area contributed by atoms with Gasteiger partial charge in [0.05, 0.1) is 12.3 Å². The first kappa shape index (κ1) is 14.2. The fraction of sp³-hybridized carbons (Fsp3) is 0.357. The molecule has 0 aliphatic rings. The molecule has 0 aliphatic heterocycles. The minimum atomic E-state index is -0.201. The second-order valence-corrected chi connectivity index (χ2v) is 3.51. The SMILES string of the molecule is CCOCC(=O)Nc1ccccc1C#CCCO. The molecule has 0 aliphatic carbocycles. The summed E-state index contributed by atoms with van der Waals surface area (Å²) in [4.78, 5) is 11.5. The molecule has 0 spiro atoms. The third-order valence-corrected chi connectivity index (χ3v) is 2.10. The number of aliphatic hydroxyl groups excluding tert-OH is 1. The van der Waals surface area contributed by atoms with Crippen LogP contribution in [-0.4, -0.2) is 30.8 Å². The fourth-order valence-corrected chi connectivity index (χ4v) is 1.30. The van der Waals surface area contributed by atoms with Gasteiger partial charge in [0.15, 0.2) is 0 Å². The first-order chi connectivity index (χ1) is 8.77. The predicted molar refractivity (Wildman–Crippen MR) is 70.1 cm³/mol. The lowest BCUT2D eigenvalue weighted by molar-refractivity contribution is -0.120. The van der Waals surface area contributed by atoms with Crippen LogP contribution in [0.1, 0.15) is 18.9 Å². The molecule has 0 aromatic heterocycles. The molecule has 0 saturated heterocycles. The largest absolute Gasteiger partial charge is 0.395 e. The number of ether oxygens (including phenoxy) is 1. The molecule has 0 unspecified atom stereocenters. The zero-order valence-corrected chi connectivity index (χ0v) is 10.4. The first-order valence-electron chi connectivity index (χ1n) is 5.84. The van der Waals surface area contributed by atoms with Gasteiger partial charge in [0.25, 0.3) is 0 Å². The van der Waals surface area contributed by atoms with Gasteiger partial charge in [-0.25, -0.2) is 0 Å². The van der Waals surface area contributed by atoms with E-state index in [0.717, 1.165) is 5.56 Å². The van der Waals surface area contributed by atoms with Crippen LogP contribution < -0.4 is 5.32 Å². The van der Waals surface area contributed by atoms with Gasteiger partial charge in [0, 0.05) is 18.6 Å². The third kappa shape index (κ3) is 5.00. The van der Waals surface area contributed by atoms with Crippen molar-refractivity contribution in [2.75, 3.05) is 25.1 Å². The van der Waals surface area contributed by atoms with Gasteiger partial charge < -0.3 is 15.2 Å². The summed E-state index contributed by atoms with van der Waals surface area (Å²) >= 11 is 0. The maximum Gasteiger partial charge on any atom is 0.250 e. The van der Waals surface area contributed by atoms with Gasteiger partial charge in [-0.15, -0.1) is 0 Å². The number of amides is 1. The standard InChI is InChI=1S/C14H17NO3/c1-2-18-11-14(17)15-13-9-4-3-7-12(13)8-5-6-10-16/h3-4,7,9,16H,2,6,10-11H2,1H3,(H,15,17). The van der Waals surface area contributed by atoms with Gasteiger partial charge in [0.1, 0.15) is 6.61 Å². The van der Waals surface area contributed by atoms with Crippen LogP contribution in [0.3, 0.4) is 0 Å². The summed E-state index contributed by atoms with van der Waals surface area (Å²) in [5.41, 5.74) is 1.39. The average Bonchev–Trinajstić information content (AvgIpc) is 2.38. The summed E-state index contributed by atoms with van der Waals surface area (Å²) in [6, 6.07) is 7.28. The number of hydrogen-bond donors (Lipinski definition) is 2. The van der Waals surface area contributed by atoms with E-state index in [9.17, 15) is 4.79 Å². The quantitative estimate of drug-likeness (QED) is 0.773. The highest BCUT2D eigenvalue weighted by Crippen LogP contribution is 2.13. The zero-order chi connectivity index (χ0) is 13.2. The Balaban J connectivity index is 2.70. The molecule has 18 heavy (non-hydrogen) atoms. The number of nitrogens with one attached hydrogen (secondary N) is 1. The number of aliphatic hydroxyl groups is 1. The topological polar surface area (TPSA) is 58.6 Å². The van der Waals surface area contributed by atoms with Crippen molar-refractivity contribution in [3.8, 4) is 11.8 Å². The summed E-state index contributed by atoms with van der Waals surface area (Å²) in [5.74, 6) is 5.54. The molecule has 0 saturated carbocycles. The van der Waals surface area contributed by atoms with Crippen LogP contribution in [0.25, 0.3) is 0 Å². The molecule has 0 fully saturated rings. The Hall–Kier alpha value is -1.83. The molecule has 0 bridgehead atoms. The molecule has 0 atom stereocenters. The summed E-state index contributed by atoms with van der Waals surface area (Å²) in [6.45, 7) is 2.41. The summed E-state index contributed by atoms with van der Waals surface area (Å²) in [5, 5.41) is 11.4. The molecule has 1 rings (SSSR count). The fourth-order valence-electron chi connectivity index (χ4n) is 1.30. The Bertz CT molecular complexity index is 446. The summed E-state index contributed by atoms with van der Waals surface area (Å²) in [6.07, 6.45) is 0.418. The highest BCUT2D eigenvalue weighted by atomic mass is 16.5. The van der Waals surface area contributed by atoms with Gasteiger partial charge in [-0.05, 0) is 19.1 Å². The van der Waals surface area contributed by atoms with Gasteiger partial charge in [-0.2, -0.15) is 0 Å².